The van der Waals surface area contributed by atoms with Crippen molar-refractivity contribution >= 4 is 22.9 Å². The van der Waals surface area contributed by atoms with Crippen LogP contribution in [0.25, 0.3) is 5.57 Å². The van der Waals surface area contributed by atoms with Gasteiger partial charge in [0, 0.05) is 17.4 Å². The molecule has 0 aromatic heterocycles. The van der Waals surface area contributed by atoms with Gasteiger partial charge in [0.1, 0.15) is 5.75 Å². The molecule has 0 N–H and O–H groups in total. The van der Waals surface area contributed by atoms with Gasteiger partial charge in [0.05, 0.1) is 12.7 Å². The van der Waals surface area contributed by atoms with Crippen LogP contribution in [0.15, 0.2) is 42.0 Å². The Bertz CT molecular complexity index is 1230. The maximum absolute atomic E-state index is 14.1. The summed E-state index contributed by atoms with van der Waals surface area (Å²) in [7, 11) is 1.61. The number of fused-ring (bicyclic) bond motifs is 1. The smallest absolute Gasteiger partial charge is 0.229 e. The molecule has 1 aromatic carbocycles. The standard InChI is InChI=1S/C35H44O4/c1-21-10-12-24(13-11-21)18-27-16-23(3)29(17-22(27)2)34(37)31-20-30-26(19-32(31)39-4)14-15-28(30)35(38)33(36)25-8-6-5-7-9-25/h10-12,15,19-20,22-25,27,29H,5-9,13-14,16-18H2,1-4H3. The zero-order chi connectivity index (χ0) is 27.7. The lowest BCUT2D eigenvalue weighted by Gasteiger charge is -2.39. The summed E-state index contributed by atoms with van der Waals surface area (Å²) in [6, 6.07) is 3.77. The van der Waals surface area contributed by atoms with Crippen LogP contribution in [0, 0.1) is 35.5 Å². The molecule has 1 aromatic rings. The van der Waals surface area contributed by atoms with Gasteiger partial charge < -0.3 is 4.74 Å². The normalized spacial score (nSPS) is 28.9. The zero-order valence-corrected chi connectivity index (χ0v) is 24.1. The third kappa shape index (κ3) is 5.76. The van der Waals surface area contributed by atoms with Gasteiger partial charge in [-0.2, -0.15) is 0 Å². The minimum Gasteiger partial charge on any atom is -0.496 e. The summed E-state index contributed by atoms with van der Waals surface area (Å²) >= 11 is 0. The molecular formula is C35H44O4. The largest absolute Gasteiger partial charge is 0.496 e. The lowest BCUT2D eigenvalue weighted by Crippen LogP contribution is -2.35. The highest BCUT2D eigenvalue weighted by Crippen LogP contribution is 2.44. The first-order valence-electron chi connectivity index (χ1n) is 15.2. The molecule has 5 rings (SSSR count). The molecule has 0 radical (unpaired) electrons. The molecule has 4 nitrogen and oxygen atoms in total. The summed E-state index contributed by atoms with van der Waals surface area (Å²) in [6.45, 7) is 6.69. The summed E-state index contributed by atoms with van der Waals surface area (Å²) in [5.41, 5.74) is 4.09. The molecule has 0 spiro atoms. The SMILES string of the molecule is COc1cc2c(cc1C(=O)C1CC(C)C(CC3C=CC(C)=CC3)CC1C)C(C(=O)C(=O)C1CCCCC1)=CC2. The van der Waals surface area contributed by atoms with E-state index in [9.17, 15) is 14.4 Å². The molecular weight excluding hydrogens is 484 g/mol. The average Bonchev–Trinajstić information content (AvgIpc) is 3.37. The van der Waals surface area contributed by atoms with Gasteiger partial charge in [-0.25, -0.2) is 0 Å². The number of rotatable bonds is 8. The Morgan fingerprint density at radius 1 is 0.974 bits per heavy atom. The Morgan fingerprint density at radius 3 is 2.44 bits per heavy atom. The van der Waals surface area contributed by atoms with E-state index >= 15 is 0 Å². The fourth-order valence-corrected chi connectivity index (χ4v) is 7.55. The molecule has 5 atom stereocenters. The molecule has 5 unspecified atom stereocenters. The maximum atomic E-state index is 14.1. The first-order chi connectivity index (χ1) is 18.8. The van der Waals surface area contributed by atoms with Crippen LogP contribution in [-0.4, -0.2) is 24.5 Å². The highest BCUT2D eigenvalue weighted by atomic mass is 16.5. The van der Waals surface area contributed by atoms with Crippen molar-refractivity contribution < 1.29 is 19.1 Å². The number of ketones is 3. The van der Waals surface area contributed by atoms with Crippen LogP contribution in [0.1, 0.15) is 100 Å². The van der Waals surface area contributed by atoms with Crippen molar-refractivity contribution in [3.8, 4) is 5.75 Å². The lowest BCUT2D eigenvalue weighted by molar-refractivity contribution is -0.136. The van der Waals surface area contributed by atoms with Crippen LogP contribution >= 0.6 is 0 Å². The number of Topliss-reactive ketones (excluding diaryl/α,β-unsaturated/α-hetero) is 3. The van der Waals surface area contributed by atoms with E-state index in [-0.39, 0.29) is 35.1 Å². The second kappa shape index (κ2) is 11.8. The molecule has 2 fully saturated rings. The minimum atomic E-state index is -0.381. The molecule has 0 heterocycles. The van der Waals surface area contributed by atoms with Crippen molar-refractivity contribution in [2.75, 3.05) is 7.11 Å². The first kappa shape index (κ1) is 27.8. The minimum absolute atomic E-state index is 0.0688. The quantitative estimate of drug-likeness (QED) is 0.256. The molecule has 39 heavy (non-hydrogen) atoms. The number of carbonyl (C=O) groups excluding carboxylic acids is 3. The van der Waals surface area contributed by atoms with Gasteiger partial charge in [0.15, 0.2) is 5.78 Å². The zero-order valence-electron chi connectivity index (χ0n) is 24.1. The molecule has 2 saturated carbocycles. The number of hydrogen-bond acceptors (Lipinski definition) is 4. The third-order valence-electron chi connectivity index (χ3n) is 10.1. The molecule has 0 bridgehead atoms. The van der Waals surface area contributed by atoms with E-state index < -0.39 is 0 Å². The Balaban J connectivity index is 1.32. The van der Waals surface area contributed by atoms with Crippen molar-refractivity contribution in [1.29, 1.82) is 0 Å². The van der Waals surface area contributed by atoms with Crippen molar-refractivity contribution in [2.24, 2.45) is 35.5 Å². The number of hydrogen-bond donors (Lipinski definition) is 0. The third-order valence-corrected chi connectivity index (χ3v) is 10.1. The monoisotopic (exact) mass is 528 g/mol. The second-order valence-corrected chi connectivity index (χ2v) is 12.8. The van der Waals surface area contributed by atoms with Gasteiger partial charge in [-0.1, -0.05) is 63.0 Å². The van der Waals surface area contributed by atoms with Gasteiger partial charge in [0.2, 0.25) is 11.6 Å². The van der Waals surface area contributed by atoms with Crippen LogP contribution in [0.3, 0.4) is 0 Å². The lowest BCUT2D eigenvalue weighted by atomic mass is 9.65. The van der Waals surface area contributed by atoms with E-state index in [2.05, 4.69) is 39.0 Å². The molecule has 0 amide bonds. The summed E-state index contributed by atoms with van der Waals surface area (Å²) in [5, 5.41) is 0. The van der Waals surface area contributed by atoms with Crippen LogP contribution in [0.2, 0.25) is 0 Å². The number of allylic oxidation sites excluding steroid dienone is 6. The van der Waals surface area contributed by atoms with Gasteiger partial charge >= 0.3 is 0 Å². The van der Waals surface area contributed by atoms with Crippen molar-refractivity contribution in [3.63, 3.8) is 0 Å². The molecule has 0 saturated heterocycles. The molecule has 208 valence electrons. The highest BCUT2D eigenvalue weighted by molar-refractivity contribution is 6.54. The van der Waals surface area contributed by atoms with Gasteiger partial charge in [-0.3, -0.25) is 14.4 Å². The van der Waals surface area contributed by atoms with Crippen molar-refractivity contribution in [2.45, 2.75) is 85.0 Å². The molecule has 4 aliphatic carbocycles. The van der Waals surface area contributed by atoms with Crippen molar-refractivity contribution in [1.82, 2.24) is 0 Å². The number of benzene rings is 1. The fourth-order valence-electron chi connectivity index (χ4n) is 7.55. The molecule has 4 aliphatic rings. The Morgan fingerprint density at radius 2 is 1.74 bits per heavy atom. The molecule has 4 heteroatoms. The Kier molecular flexibility index (Phi) is 8.40. The van der Waals surface area contributed by atoms with Gasteiger partial charge in [0.25, 0.3) is 0 Å². The summed E-state index contributed by atoms with van der Waals surface area (Å²) in [4.78, 5) is 40.4. The Labute approximate surface area is 234 Å². The van der Waals surface area contributed by atoms with Crippen LogP contribution < -0.4 is 4.74 Å². The first-order valence-corrected chi connectivity index (χ1v) is 15.2. The summed E-state index contributed by atoms with van der Waals surface area (Å²) in [6.07, 6.45) is 18.4. The van der Waals surface area contributed by atoms with E-state index in [1.165, 1.54) is 12.0 Å². The topological polar surface area (TPSA) is 60.4 Å². The Hall–Kier alpha value is -2.75. The molecule has 0 aliphatic heterocycles. The summed E-state index contributed by atoms with van der Waals surface area (Å²) in [5.74, 6) is 1.80. The van der Waals surface area contributed by atoms with E-state index in [0.29, 0.717) is 41.1 Å². The van der Waals surface area contributed by atoms with Crippen LogP contribution in [-0.2, 0) is 16.0 Å². The van der Waals surface area contributed by atoms with Crippen LogP contribution in [0.4, 0.5) is 0 Å². The average molecular weight is 529 g/mol. The van der Waals surface area contributed by atoms with E-state index in [1.54, 1.807) is 7.11 Å². The number of carbonyl (C=O) groups is 3. The summed E-state index contributed by atoms with van der Waals surface area (Å²) < 4.78 is 5.70. The number of ether oxygens (including phenoxy) is 1. The fraction of sp³-hybridized carbons (Fsp3) is 0.571. The van der Waals surface area contributed by atoms with Gasteiger partial charge in [-0.05, 0) is 98.8 Å². The van der Waals surface area contributed by atoms with E-state index in [0.717, 1.165) is 62.5 Å². The van der Waals surface area contributed by atoms with Crippen molar-refractivity contribution in [3.05, 3.63) is 58.7 Å². The van der Waals surface area contributed by atoms with E-state index in [1.807, 2.05) is 18.2 Å². The predicted molar refractivity (Wildman–Crippen MR) is 156 cm³/mol. The van der Waals surface area contributed by atoms with E-state index in [4.69, 9.17) is 4.74 Å². The second-order valence-electron chi connectivity index (χ2n) is 12.8. The maximum Gasteiger partial charge on any atom is 0.229 e. The highest BCUT2D eigenvalue weighted by Gasteiger charge is 2.39. The predicted octanol–water partition coefficient (Wildman–Crippen LogP) is 7.75. The van der Waals surface area contributed by atoms with Gasteiger partial charge in [-0.15, -0.1) is 0 Å². The van der Waals surface area contributed by atoms with Crippen LogP contribution in [0.5, 0.6) is 5.75 Å². The number of methoxy groups -OCH3 is 1.